The lowest BCUT2D eigenvalue weighted by Gasteiger charge is -2.46. The number of carbonyl (C=O) groups is 3. The van der Waals surface area contributed by atoms with Crippen LogP contribution >= 0.6 is 0 Å². The minimum absolute atomic E-state index is 0.0354. The average molecular weight is 390 g/mol. The maximum atomic E-state index is 12.2. The smallest absolute Gasteiger partial charge is 0.352 e. The Labute approximate surface area is 150 Å². The van der Waals surface area contributed by atoms with E-state index in [0.717, 1.165) is 0 Å². The van der Waals surface area contributed by atoms with E-state index in [0.29, 0.717) is 5.57 Å². The highest BCUT2D eigenvalue weighted by Gasteiger charge is 2.59. The quantitative estimate of drug-likeness (QED) is 0.344. The van der Waals surface area contributed by atoms with E-state index in [2.05, 4.69) is 0 Å². The summed E-state index contributed by atoms with van der Waals surface area (Å²) in [4.78, 5) is 38.1. The van der Waals surface area contributed by atoms with Crippen LogP contribution in [0.25, 0.3) is 0 Å². The highest BCUT2D eigenvalue weighted by molar-refractivity contribution is 7.87. The number of aliphatic hydroxyl groups is 1. The highest BCUT2D eigenvalue weighted by atomic mass is 32.2. The van der Waals surface area contributed by atoms with Crippen molar-refractivity contribution >= 4 is 28.0 Å². The Morgan fingerprint density at radius 2 is 2.00 bits per heavy atom. The van der Waals surface area contributed by atoms with E-state index in [1.807, 2.05) is 0 Å². The third-order valence-electron chi connectivity index (χ3n) is 4.63. The van der Waals surface area contributed by atoms with Gasteiger partial charge in [-0.1, -0.05) is 6.92 Å². The molecular weight excluding hydrogens is 368 g/mol. The second kappa shape index (κ2) is 6.95. The molecule has 1 saturated heterocycles. The van der Waals surface area contributed by atoms with Crippen molar-refractivity contribution in [2.45, 2.75) is 26.0 Å². The Kier molecular flexibility index (Phi) is 5.42. The number of rotatable bonds is 7. The van der Waals surface area contributed by atoms with Crippen molar-refractivity contribution in [3.63, 3.8) is 0 Å². The zero-order valence-electron chi connectivity index (χ0n) is 14.5. The minimum atomic E-state index is -4.18. The molecule has 0 spiro atoms. The molecule has 2 heterocycles. The molecule has 146 valence electrons. The Balaban J connectivity index is 2.18. The van der Waals surface area contributed by atoms with Gasteiger partial charge in [0, 0.05) is 12.5 Å². The molecule has 2 amide bonds. The van der Waals surface area contributed by atoms with Gasteiger partial charge in [0.15, 0.2) is 0 Å². The van der Waals surface area contributed by atoms with Gasteiger partial charge in [0.05, 0.1) is 24.6 Å². The molecule has 5 N–H and O–H groups in total. The Bertz CT molecular complexity index is 776. The molecule has 11 nitrogen and oxygen atoms in total. The van der Waals surface area contributed by atoms with Crippen LogP contribution in [0.1, 0.15) is 13.8 Å². The molecule has 2 aliphatic heterocycles. The number of likely N-dealkylation sites (N-methyl/N-ethyl adjacent to an activating group) is 1. The predicted molar refractivity (Wildman–Crippen MR) is 88.4 cm³/mol. The topological polar surface area (TPSA) is 170 Å². The van der Waals surface area contributed by atoms with Gasteiger partial charge in [-0.15, -0.1) is 0 Å². The number of carboxylic acid groups (broad SMARTS) is 1. The molecule has 0 aromatic heterocycles. The lowest BCUT2D eigenvalue weighted by Crippen LogP contribution is -2.63. The van der Waals surface area contributed by atoms with E-state index >= 15 is 0 Å². The van der Waals surface area contributed by atoms with Crippen LogP contribution in [-0.2, 0) is 24.6 Å². The normalized spacial score (nSPS) is 26.6. The highest BCUT2D eigenvalue weighted by Crippen LogP contribution is 2.47. The maximum Gasteiger partial charge on any atom is 0.352 e. The number of carbonyl (C=O) groups excluding carboxylic acids is 2. The number of β-lactam (4-membered cyclic amide) rings is 1. The van der Waals surface area contributed by atoms with Crippen molar-refractivity contribution in [2.24, 2.45) is 17.0 Å². The number of nitrogens with two attached hydrogens (primary N) is 1. The largest absolute Gasteiger partial charge is 0.477 e. The number of nitrogens with one attached hydrogen (secondary N) is 1. The summed E-state index contributed by atoms with van der Waals surface area (Å²) in [5.74, 6) is -3.58. The van der Waals surface area contributed by atoms with E-state index < -0.39 is 46.1 Å². The summed E-state index contributed by atoms with van der Waals surface area (Å²) in [5, 5.41) is 24.0. The molecule has 0 radical (unpaired) electrons. The zero-order valence-corrected chi connectivity index (χ0v) is 15.4. The molecule has 0 aliphatic carbocycles. The summed E-state index contributed by atoms with van der Waals surface area (Å²) in [6.07, 6.45) is -0.904. The van der Waals surface area contributed by atoms with E-state index in [1.165, 1.54) is 23.8 Å². The number of aliphatic carboxylic acids is 1. The summed E-state index contributed by atoms with van der Waals surface area (Å²) in [5.41, 5.74) is 0.285. The number of carboxylic acids is 1. The SMILES string of the molecule is C[C@@H](O)[C@H]1C(=O)N2C(C(=O)O)=C(CN(C)CC(=O)NS(N)(=O)=O)[C@H](C)[C@H]12. The van der Waals surface area contributed by atoms with Gasteiger partial charge >= 0.3 is 5.97 Å². The van der Waals surface area contributed by atoms with Crippen LogP contribution in [-0.4, -0.2) is 78.5 Å². The van der Waals surface area contributed by atoms with Gasteiger partial charge in [0.2, 0.25) is 11.8 Å². The van der Waals surface area contributed by atoms with Gasteiger partial charge in [-0.25, -0.2) is 14.7 Å². The summed E-state index contributed by atoms with van der Waals surface area (Å²) in [6, 6.07) is -0.449. The van der Waals surface area contributed by atoms with Gasteiger partial charge in [-0.2, -0.15) is 8.42 Å². The van der Waals surface area contributed by atoms with Crippen molar-refractivity contribution in [3.8, 4) is 0 Å². The van der Waals surface area contributed by atoms with Gasteiger partial charge in [0.25, 0.3) is 10.2 Å². The maximum absolute atomic E-state index is 12.2. The molecule has 4 atom stereocenters. The van der Waals surface area contributed by atoms with Crippen LogP contribution in [0.15, 0.2) is 11.3 Å². The molecule has 0 saturated carbocycles. The van der Waals surface area contributed by atoms with Crippen molar-refractivity contribution < 1.29 is 33.0 Å². The van der Waals surface area contributed by atoms with E-state index in [4.69, 9.17) is 5.14 Å². The van der Waals surface area contributed by atoms with Crippen molar-refractivity contribution in [3.05, 3.63) is 11.3 Å². The van der Waals surface area contributed by atoms with Gasteiger partial charge in [-0.05, 0) is 19.5 Å². The van der Waals surface area contributed by atoms with E-state index in [-0.39, 0.29) is 24.7 Å². The van der Waals surface area contributed by atoms with Crippen molar-refractivity contribution in [1.82, 2.24) is 14.5 Å². The number of fused-ring (bicyclic) bond motifs is 1. The molecule has 0 unspecified atom stereocenters. The molecule has 2 rings (SSSR count). The number of aliphatic hydroxyl groups excluding tert-OH is 1. The van der Waals surface area contributed by atoms with Crippen molar-refractivity contribution in [2.75, 3.05) is 20.1 Å². The van der Waals surface area contributed by atoms with Gasteiger partial charge < -0.3 is 15.1 Å². The first-order valence-corrected chi connectivity index (χ1v) is 9.39. The summed E-state index contributed by atoms with van der Waals surface area (Å²) < 4.78 is 23.3. The first-order valence-electron chi connectivity index (χ1n) is 7.84. The molecule has 1 fully saturated rings. The second-order valence-corrected chi connectivity index (χ2v) is 7.97. The Hall–Kier alpha value is -2.02. The summed E-state index contributed by atoms with van der Waals surface area (Å²) in [7, 11) is -2.67. The zero-order chi connectivity index (χ0) is 20.0. The van der Waals surface area contributed by atoms with Gasteiger partial charge in [-0.3, -0.25) is 14.5 Å². The lowest BCUT2D eigenvalue weighted by atomic mass is 9.77. The minimum Gasteiger partial charge on any atom is -0.477 e. The Morgan fingerprint density at radius 1 is 1.42 bits per heavy atom. The molecule has 0 aromatic rings. The molecule has 0 aromatic carbocycles. The molecule has 2 aliphatic rings. The van der Waals surface area contributed by atoms with Crippen molar-refractivity contribution in [1.29, 1.82) is 0 Å². The molecular formula is C14H22N4O7S. The third kappa shape index (κ3) is 3.72. The average Bonchev–Trinajstić information content (AvgIpc) is 2.66. The summed E-state index contributed by atoms with van der Waals surface area (Å²) >= 11 is 0. The Morgan fingerprint density at radius 3 is 2.46 bits per heavy atom. The number of hydrogen-bond donors (Lipinski definition) is 4. The van der Waals surface area contributed by atoms with Crippen LogP contribution in [0.5, 0.6) is 0 Å². The fourth-order valence-electron chi connectivity index (χ4n) is 3.64. The van der Waals surface area contributed by atoms with Crippen LogP contribution in [0.3, 0.4) is 0 Å². The van der Waals surface area contributed by atoms with Gasteiger partial charge in [0.1, 0.15) is 5.70 Å². The monoisotopic (exact) mass is 390 g/mol. The molecule has 26 heavy (non-hydrogen) atoms. The molecule has 0 bridgehead atoms. The number of amides is 2. The standard InChI is InChI=1S/C14H22N4O7S/c1-6-8(4-17(3)5-9(20)16-26(15,24)25)12(14(22)23)18-11(6)10(7(2)19)13(18)21/h6-7,10-11,19H,4-5H2,1-3H3,(H,16,20)(H,22,23)(H2,15,24,25)/t6-,7+,10+,11+/m0/s1. The third-order valence-corrected chi connectivity index (χ3v) is 5.14. The number of nitrogens with zero attached hydrogens (tertiary/aromatic N) is 2. The van der Waals surface area contributed by atoms with E-state index in [9.17, 15) is 33.0 Å². The predicted octanol–water partition coefficient (Wildman–Crippen LogP) is -2.57. The van der Waals surface area contributed by atoms with E-state index in [1.54, 1.807) is 11.6 Å². The van der Waals surface area contributed by atoms with Crippen LogP contribution in [0.2, 0.25) is 0 Å². The van der Waals surface area contributed by atoms with Crippen LogP contribution in [0, 0.1) is 11.8 Å². The second-order valence-electron chi connectivity index (χ2n) is 6.68. The fraction of sp³-hybridized carbons (Fsp3) is 0.643. The van der Waals surface area contributed by atoms with Crippen LogP contribution in [0.4, 0.5) is 0 Å². The first-order chi connectivity index (χ1) is 11.8. The number of hydrogen-bond acceptors (Lipinski definition) is 7. The van der Waals surface area contributed by atoms with Crippen LogP contribution < -0.4 is 9.86 Å². The fourth-order valence-corrected chi connectivity index (χ4v) is 4.02. The first kappa shape index (κ1) is 20.3. The lowest BCUT2D eigenvalue weighted by molar-refractivity contribution is -0.163. The summed E-state index contributed by atoms with van der Waals surface area (Å²) in [6.45, 7) is 2.93. The molecule has 12 heteroatoms.